The van der Waals surface area contributed by atoms with Gasteiger partial charge in [0.25, 0.3) is 0 Å². The maximum absolute atomic E-state index is 11.9. The summed E-state index contributed by atoms with van der Waals surface area (Å²) in [4.78, 5) is 22.2. The van der Waals surface area contributed by atoms with Gasteiger partial charge in [-0.05, 0) is 37.0 Å². The van der Waals surface area contributed by atoms with Crippen LogP contribution in [0.3, 0.4) is 0 Å². The number of nitrogens with two attached hydrogens (primary N) is 1. The lowest BCUT2D eigenvalue weighted by molar-refractivity contribution is -0.116. The molecule has 27 heavy (non-hydrogen) atoms. The molecule has 0 aliphatic rings. The Bertz CT molecular complexity index is 576. The van der Waals surface area contributed by atoms with Gasteiger partial charge in [-0.25, -0.2) is 4.79 Å². The van der Waals surface area contributed by atoms with Crippen LogP contribution in [0.4, 0.5) is 16.2 Å². The van der Waals surface area contributed by atoms with Gasteiger partial charge in [0.15, 0.2) is 0 Å². The van der Waals surface area contributed by atoms with Gasteiger partial charge in [-0.2, -0.15) is 0 Å². The fraction of sp³-hybridized carbons (Fsp3) is 0.619. The van der Waals surface area contributed by atoms with Crippen LogP contribution in [0.5, 0.6) is 0 Å². The van der Waals surface area contributed by atoms with Crippen molar-refractivity contribution >= 4 is 23.4 Å². The third-order valence-corrected chi connectivity index (χ3v) is 4.57. The van der Waals surface area contributed by atoms with Gasteiger partial charge in [-0.15, -0.1) is 0 Å². The van der Waals surface area contributed by atoms with Crippen LogP contribution in [0, 0.1) is 0 Å². The predicted octanol–water partition coefficient (Wildman–Crippen LogP) is 4.94. The average molecular weight is 378 g/mol. The summed E-state index contributed by atoms with van der Waals surface area (Å²) in [5.41, 5.74) is 8.44. The topological polar surface area (TPSA) is 104 Å². The minimum atomic E-state index is -1.08. The molecule has 0 radical (unpaired) electrons. The summed E-state index contributed by atoms with van der Waals surface area (Å²) in [5, 5.41) is 13.5. The molecule has 1 aromatic rings. The summed E-state index contributed by atoms with van der Waals surface area (Å²) in [6.07, 6.45) is 11.0. The van der Waals surface area contributed by atoms with Crippen LogP contribution in [-0.4, -0.2) is 23.7 Å². The summed E-state index contributed by atoms with van der Waals surface area (Å²) in [5.74, 6) is -0.162. The predicted molar refractivity (Wildman–Crippen MR) is 111 cm³/mol. The molecule has 0 saturated heterocycles. The van der Waals surface area contributed by atoms with Crippen molar-refractivity contribution in [3.05, 3.63) is 23.8 Å². The Balaban J connectivity index is 2.24. The van der Waals surface area contributed by atoms with E-state index in [1.54, 1.807) is 0 Å². The monoisotopic (exact) mass is 377 g/mol. The van der Waals surface area contributed by atoms with Gasteiger partial charge < -0.3 is 21.5 Å². The normalized spacial score (nSPS) is 10.6. The number of carbonyl (C=O) groups is 2. The first-order valence-electron chi connectivity index (χ1n) is 10.2. The second-order valence-electron chi connectivity index (χ2n) is 7.03. The second kappa shape index (κ2) is 13.9. The lowest BCUT2D eigenvalue weighted by Gasteiger charge is -2.10. The molecule has 0 saturated carbocycles. The first-order chi connectivity index (χ1) is 13.0. The Hall–Kier alpha value is -2.24. The summed E-state index contributed by atoms with van der Waals surface area (Å²) < 4.78 is 0. The standard InChI is InChI=1S/C21H35N3O3/c1-2-3-4-5-6-7-8-9-11-17-13-14-19(18(22)16-17)24-20(25)12-10-15-23-21(26)27/h13-14,16,23H,2-12,15,22H2,1H3,(H,24,25)(H,26,27). The number of carboxylic acid groups (broad SMARTS) is 1. The number of hydrogen-bond donors (Lipinski definition) is 4. The van der Waals surface area contributed by atoms with E-state index in [9.17, 15) is 9.59 Å². The molecular weight excluding hydrogens is 342 g/mol. The summed E-state index contributed by atoms with van der Waals surface area (Å²) >= 11 is 0. The number of nitrogen functional groups attached to an aromatic ring is 1. The number of anilines is 2. The first-order valence-corrected chi connectivity index (χ1v) is 10.2. The maximum Gasteiger partial charge on any atom is 0.404 e. The van der Waals surface area contributed by atoms with Gasteiger partial charge in [0.1, 0.15) is 0 Å². The van der Waals surface area contributed by atoms with Gasteiger partial charge >= 0.3 is 6.09 Å². The minimum absolute atomic E-state index is 0.162. The molecule has 6 heteroatoms. The molecule has 0 spiro atoms. The van der Waals surface area contributed by atoms with Crippen molar-refractivity contribution in [3.63, 3.8) is 0 Å². The molecule has 0 fully saturated rings. The molecule has 0 aliphatic heterocycles. The van der Waals surface area contributed by atoms with Crippen LogP contribution in [0.25, 0.3) is 0 Å². The van der Waals surface area contributed by atoms with Crippen molar-refractivity contribution in [1.82, 2.24) is 5.32 Å². The smallest absolute Gasteiger partial charge is 0.404 e. The third kappa shape index (κ3) is 11.2. The molecule has 0 bridgehead atoms. The molecule has 5 N–H and O–H groups in total. The van der Waals surface area contributed by atoms with Crippen LogP contribution >= 0.6 is 0 Å². The largest absolute Gasteiger partial charge is 0.465 e. The number of aryl methyl sites for hydroxylation is 1. The molecule has 0 heterocycles. The number of carbonyl (C=O) groups excluding carboxylic acids is 1. The van der Waals surface area contributed by atoms with E-state index in [4.69, 9.17) is 10.8 Å². The minimum Gasteiger partial charge on any atom is -0.465 e. The molecule has 2 amide bonds. The van der Waals surface area contributed by atoms with E-state index in [1.807, 2.05) is 18.2 Å². The third-order valence-electron chi connectivity index (χ3n) is 4.57. The Morgan fingerprint density at radius 3 is 2.30 bits per heavy atom. The van der Waals surface area contributed by atoms with Crippen molar-refractivity contribution in [2.24, 2.45) is 0 Å². The van der Waals surface area contributed by atoms with Crippen LogP contribution < -0.4 is 16.4 Å². The molecule has 0 atom stereocenters. The molecule has 152 valence electrons. The van der Waals surface area contributed by atoms with Crippen LogP contribution in [0.15, 0.2) is 18.2 Å². The van der Waals surface area contributed by atoms with Crippen molar-refractivity contribution in [2.75, 3.05) is 17.6 Å². The van der Waals surface area contributed by atoms with Gasteiger partial charge in [-0.3, -0.25) is 4.79 Å². The number of nitrogens with one attached hydrogen (secondary N) is 2. The Morgan fingerprint density at radius 2 is 1.67 bits per heavy atom. The highest BCUT2D eigenvalue weighted by molar-refractivity contribution is 5.93. The number of rotatable bonds is 14. The highest BCUT2D eigenvalue weighted by atomic mass is 16.4. The molecule has 0 unspecified atom stereocenters. The van der Waals surface area contributed by atoms with E-state index >= 15 is 0 Å². The summed E-state index contributed by atoms with van der Waals surface area (Å²) in [7, 11) is 0. The lowest BCUT2D eigenvalue weighted by Crippen LogP contribution is -2.23. The molecule has 0 aliphatic carbocycles. The van der Waals surface area contributed by atoms with Crippen molar-refractivity contribution in [3.8, 4) is 0 Å². The van der Waals surface area contributed by atoms with Crippen molar-refractivity contribution < 1.29 is 14.7 Å². The van der Waals surface area contributed by atoms with E-state index in [2.05, 4.69) is 17.6 Å². The van der Waals surface area contributed by atoms with Gasteiger partial charge in [0.05, 0.1) is 11.4 Å². The molecule has 1 aromatic carbocycles. The zero-order chi connectivity index (χ0) is 19.9. The SMILES string of the molecule is CCCCCCCCCCc1ccc(NC(=O)CCCNC(=O)O)c(N)c1. The van der Waals surface area contributed by atoms with Gasteiger partial charge in [0.2, 0.25) is 5.91 Å². The average Bonchev–Trinajstić information content (AvgIpc) is 2.63. The fourth-order valence-corrected chi connectivity index (χ4v) is 3.00. The van der Waals surface area contributed by atoms with E-state index in [1.165, 1.54) is 50.5 Å². The van der Waals surface area contributed by atoms with Crippen LogP contribution in [-0.2, 0) is 11.2 Å². The quantitative estimate of drug-likeness (QED) is 0.272. The van der Waals surface area contributed by atoms with E-state index in [0.29, 0.717) is 17.8 Å². The number of amides is 2. The highest BCUT2D eigenvalue weighted by Crippen LogP contribution is 2.21. The number of benzene rings is 1. The molecule has 6 nitrogen and oxygen atoms in total. The molecular formula is C21H35N3O3. The highest BCUT2D eigenvalue weighted by Gasteiger charge is 2.06. The second-order valence-corrected chi connectivity index (χ2v) is 7.03. The van der Waals surface area contributed by atoms with E-state index in [0.717, 1.165) is 12.8 Å². The zero-order valence-corrected chi connectivity index (χ0v) is 16.6. The Kier molecular flexibility index (Phi) is 11.7. The zero-order valence-electron chi connectivity index (χ0n) is 16.6. The van der Waals surface area contributed by atoms with E-state index < -0.39 is 6.09 Å². The summed E-state index contributed by atoms with van der Waals surface area (Å²) in [6.45, 7) is 2.50. The Labute approximate surface area is 162 Å². The Morgan fingerprint density at radius 1 is 1.00 bits per heavy atom. The van der Waals surface area contributed by atoms with Gasteiger partial charge in [0, 0.05) is 13.0 Å². The maximum atomic E-state index is 11.9. The van der Waals surface area contributed by atoms with Gasteiger partial charge in [-0.1, -0.05) is 57.9 Å². The lowest BCUT2D eigenvalue weighted by atomic mass is 10.0. The van der Waals surface area contributed by atoms with Crippen LogP contribution in [0.1, 0.15) is 76.7 Å². The van der Waals surface area contributed by atoms with Crippen molar-refractivity contribution in [2.45, 2.75) is 77.6 Å². The number of hydrogen-bond acceptors (Lipinski definition) is 3. The van der Waals surface area contributed by atoms with E-state index in [-0.39, 0.29) is 18.9 Å². The number of unbranched alkanes of at least 4 members (excludes halogenated alkanes) is 7. The fourth-order valence-electron chi connectivity index (χ4n) is 3.00. The first kappa shape index (κ1) is 22.8. The van der Waals surface area contributed by atoms with Crippen molar-refractivity contribution in [1.29, 1.82) is 0 Å². The summed E-state index contributed by atoms with van der Waals surface area (Å²) in [6, 6.07) is 5.80. The molecule has 1 rings (SSSR count). The molecule has 0 aromatic heterocycles. The van der Waals surface area contributed by atoms with Crippen LogP contribution in [0.2, 0.25) is 0 Å².